The molecule has 0 radical (unpaired) electrons. The SMILES string of the molecule is O=C1C=C2CC(NCCNc3ccc(Br)cc3)[C@@H]3C[C@@]2(O1)[C@H]1CCCCN31. The Kier molecular flexibility index (Phi) is 4.53. The maximum Gasteiger partial charge on any atom is 0.331 e. The lowest BCUT2D eigenvalue weighted by Gasteiger charge is -2.38. The maximum absolute atomic E-state index is 12.1. The molecule has 0 aromatic heterocycles. The summed E-state index contributed by atoms with van der Waals surface area (Å²) >= 11 is 3.47. The number of rotatable bonds is 5. The number of ether oxygens (including phenoxy) is 1. The number of esters is 1. The zero-order chi connectivity index (χ0) is 18.4. The number of nitrogens with zero attached hydrogens (tertiary/aromatic N) is 1. The molecule has 1 aliphatic carbocycles. The van der Waals surface area contributed by atoms with E-state index in [2.05, 4.69) is 55.7 Å². The van der Waals surface area contributed by atoms with Crippen LogP contribution >= 0.6 is 15.9 Å². The normalized spacial score (nSPS) is 34.6. The summed E-state index contributed by atoms with van der Waals surface area (Å²) in [4.78, 5) is 14.7. The lowest BCUT2D eigenvalue weighted by molar-refractivity contribution is -0.148. The molecule has 1 aromatic rings. The number of hydrogen-bond acceptors (Lipinski definition) is 5. The van der Waals surface area contributed by atoms with Crippen molar-refractivity contribution in [2.75, 3.05) is 25.0 Å². The first kappa shape index (κ1) is 17.7. The Bertz CT molecular complexity index is 765. The minimum atomic E-state index is -0.309. The molecular weight excluding hydrogens is 406 g/mol. The molecule has 0 amide bonds. The van der Waals surface area contributed by atoms with E-state index in [0.29, 0.717) is 18.1 Å². The molecule has 1 spiro atoms. The average Bonchev–Trinajstić information content (AvgIpc) is 3.15. The van der Waals surface area contributed by atoms with Crippen molar-refractivity contribution in [3.05, 3.63) is 40.4 Å². The summed E-state index contributed by atoms with van der Waals surface area (Å²) in [7, 11) is 0. The minimum absolute atomic E-state index is 0.131. The van der Waals surface area contributed by atoms with Gasteiger partial charge in [-0.15, -0.1) is 0 Å². The lowest BCUT2D eigenvalue weighted by atomic mass is 9.75. The summed E-state index contributed by atoms with van der Waals surface area (Å²) < 4.78 is 7.03. The van der Waals surface area contributed by atoms with Crippen molar-refractivity contribution < 1.29 is 9.53 Å². The van der Waals surface area contributed by atoms with Crippen LogP contribution in [-0.4, -0.2) is 54.2 Å². The summed E-state index contributed by atoms with van der Waals surface area (Å²) in [5.41, 5.74) is 2.06. The first-order valence-electron chi connectivity index (χ1n) is 10.1. The van der Waals surface area contributed by atoms with Crippen molar-refractivity contribution in [1.82, 2.24) is 10.2 Å². The molecular formula is C21H26BrN3O2. The Morgan fingerprint density at radius 2 is 2.07 bits per heavy atom. The molecule has 2 bridgehead atoms. The smallest absolute Gasteiger partial charge is 0.331 e. The van der Waals surface area contributed by atoms with Gasteiger partial charge in [0.1, 0.15) is 0 Å². The topological polar surface area (TPSA) is 53.6 Å². The minimum Gasteiger partial charge on any atom is -0.450 e. The molecule has 6 heteroatoms. The van der Waals surface area contributed by atoms with E-state index in [1.807, 2.05) is 0 Å². The fourth-order valence-electron chi connectivity index (χ4n) is 5.63. The number of halogens is 1. The third-order valence-electron chi connectivity index (χ3n) is 6.75. The van der Waals surface area contributed by atoms with E-state index in [-0.39, 0.29) is 11.6 Å². The molecule has 3 heterocycles. The Morgan fingerprint density at radius 3 is 2.93 bits per heavy atom. The molecule has 3 aliphatic heterocycles. The van der Waals surface area contributed by atoms with Gasteiger partial charge in [0, 0.05) is 47.8 Å². The highest BCUT2D eigenvalue weighted by Crippen LogP contribution is 2.53. The standard InChI is InChI=1S/C21H26BrN3O2/c22-15-4-6-16(7-5-15)23-8-9-24-17-11-14-12-20(26)27-21(14)13-18(17)25-10-2-1-3-19(21)25/h4-7,12,17-19,23-24H,1-3,8-11,13H2/t17?,18-,19+,21-/m0/s1. The summed E-state index contributed by atoms with van der Waals surface area (Å²) in [6, 6.07) is 9.53. The third-order valence-corrected chi connectivity index (χ3v) is 7.28. The first-order valence-corrected chi connectivity index (χ1v) is 10.9. The molecule has 4 atom stereocenters. The maximum atomic E-state index is 12.1. The monoisotopic (exact) mass is 431 g/mol. The van der Waals surface area contributed by atoms with Crippen molar-refractivity contribution in [1.29, 1.82) is 0 Å². The van der Waals surface area contributed by atoms with Gasteiger partial charge in [-0.2, -0.15) is 0 Å². The van der Waals surface area contributed by atoms with Gasteiger partial charge in [-0.1, -0.05) is 22.4 Å². The van der Waals surface area contributed by atoms with E-state index in [1.165, 1.54) is 18.4 Å². The summed E-state index contributed by atoms with van der Waals surface area (Å²) in [6.45, 7) is 2.93. The van der Waals surface area contributed by atoms with E-state index in [4.69, 9.17) is 4.74 Å². The second-order valence-electron chi connectivity index (χ2n) is 8.20. The van der Waals surface area contributed by atoms with Crippen LogP contribution in [0.4, 0.5) is 5.69 Å². The molecule has 2 N–H and O–H groups in total. The van der Waals surface area contributed by atoms with Crippen molar-refractivity contribution in [2.45, 2.75) is 55.8 Å². The number of nitrogens with one attached hydrogen (secondary N) is 2. The van der Waals surface area contributed by atoms with Gasteiger partial charge in [0.2, 0.25) is 0 Å². The highest BCUT2D eigenvalue weighted by molar-refractivity contribution is 9.10. The Morgan fingerprint density at radius 1 is 1.22 bits per heavy atom. The average molecular weight is 432 g/mol. The number of anilines is 1. The quantitative estimate of drug-likeness (QED) is 0.554. The summed E-state index contributed by atoms with van der Waals surface area (Å²) in [5, 5.41) is 7.24. The van der Waals surface area contributed by atoms with Crippen molar-refractivity contribution in [3.8, 4) is 0 Å². The Labute approximate surface area is 168 Å². The van der Waals surface area contributed by atoms with Crippen LogP contribution in [0.5, 0.6) is 0 Å². The van der Waals surface area contributed by atoms with Crippen molar-refractivity contribution in [2.24, 2.45) is 0 Å². The van der Waals surface area contributed by atoms with Gasteiger partial charge in [-0.25, -0.2) is 4.79 Å². The zero-order valence-electron chi connectivity index (χ0n) is 15.4. The number of carbonyl (C=O) groups excluding carboxylic acids is 1. The van der Waals surface area contributed by atoms with Gasteiger partial charge >= 0.3 is 5.97 Å². The largest absolute Gasteiger partial charge is 0.450 e. The Hall–Kier alpha value is -1.37. The van der Waals surface area contributed by atoms with E-state index in [1.54, 1.807) is 6.08 Å². The lowest BCUT2D eigenvalue weighted by Crippen LogP contribution is -2.50. The zero-order valence-corrected chi connectivity index (χ0v) is 17.0. The van der Waals surface area contributed by atoms with Crippen LogP contribution in [-0.2, 0) is 9.53 Å². The van der Waals surface area contributed by atoms with Crippen molar-refractivity contribution >= 4 is 27.6 Å². The van der Waals surface area contributed by atoms with Crippen LogP contribution in [0.15, 0.2) is 40.4 Å². The van der Waals surface area contributed by atoms with E-state index >= 15 is 0 Å². The fourth-order valence-corrected chi connectivity index (χ4v) is 5.89. The van der Waals surface area contributed by atoms with E-state index < -0.39 is 0 Å². The van der Waals surface area contributed by atoms with Gasteiger partial charge in [0.15, 0.2) is 5.60 Å². The second kappa shape index (κ2) is 6.90. The number of hydrogen-bond donors (Lipinski definition) is 2. The third kappa shape index (κ3) is 3.02. The van der Waals surface area contributed by atoms with Crippen LogP contribution in [0.2, 0.25) is 0 Å². The summed E-state index contributed by atoms with van der Waals surface area (Å²) in [5.74, 6) is -0.131. The highest BCUT2D eigenvalue weighted by Gasteiger charge is 2.63. The highest BCUT2D eigenvalue weighted by atomic mass is 79.9. The van der Waals surface area contributed by atoms with Gasteiger partial charge in [-0.05, 0) is 55.6 Å². The van der Waals surface area contributed by atoms with Gasteiger partial charge in [-0.3, -0.25) is 4.90 Å². The van der Waals surface area contributed by atoms with Crippen molar-refractivity contribution in [3.63, 3.8) is 0 Å². The van der Waals surface area contributed by atoms with Crippen LogP contribution in [0.25, 0.3) is 0 Å². The molecule has 2 saturated heterocycles. The number of piperidine rings is 1. The van der Waals surface area contributed by atoms with Gasteiger partial charge < -0.3 is 15.4 Å². The second-order valence-corrected chi connectivity index (χ2v) is 9.12. The number of benzene rings is 1. The molecule has 3 fully saturated rings. The van der Waals surface area contributed by atoms with Crippen LogP contribution in [0, 0.1) is 0 Å². The molecule has 5 rings (SSSR count). The molecule has 144 valence electrons. The molecule has 27 heavy (non-hydrogen) atoms. The van der Waals surface area contributed by atoms with Crippen LogP contribution < -0.4 is 10.6 Å². The first-order chi connectivity index (χ1) is 13.2. The number of carbonyl (C=O) groups is 1. The number of fused-ring (bicyclic) bond motifs is 3. The van der Waals surface area contributed by atoms with Gasteiger partial charge in [0.05, 0.1) is 6.04 Å². The summed E-state index contributed by atoms with van der Waals surface area (Å²) in [6.07, 6.45) is 7.33. The van der Waals surface area contributed by atoms with E-state index in [0.717, 1.165) is 49.1 Å². The molecule has 1 saturated carbocycles. The predicted molar refractivity (Wildman–Crippen MR) is 109 cm³/mol. The van der Waals surface area contributed by atoms with E-state index in [9.17, 15) is 4.79 Å². The predicted octanol–water partition coefficient (Wildman–Crippen LogP) is 3.07. The van der Waals surface area contributed by atoms with Crippen LogP contribution in [0.1, 0.15) is 32.1 Å². The van der Waals surface area contributed by atoms with Crippen LogP contribution in [0.3, 0.4) is 0 Å². The molecule has 5 nitrogen and oxygen atoms in total. The van der Waals surface area contributed by atoms with Gasteiger partial charge in [0.25, 0.3) is 0 Å². The molecule has 1 aromatic carbocycles. The fraction of sp³-hybridized carbons (Fsp3) is 0.571. The molecule has 4 aliphatic rings. The molecule has 1 unspecified atom stereocenters. The Balaban J connectivity index is 1.25.